The number of rotatable bonds is 0. The molecule has 2 unspecified atom stereocenters. The maximum Gasteiger partial charge on any atom is 0.0992 e. The van der Waals surface area contributed by atoms with Crippen molar-refractivity contribution in [3.8, 4) is 0 Å². The molecule has 1 nitrogen and oxygen atoms in total. The zero-order valence-electron chi connectivity index (χ0n) is 5.13. The summed E-state index contributed by atoms with van der Waals surface area (Å²) in [6.07, 6.45) is 2.19. The highest BCUT2D eigenvalue weighted by Crippen LogP contribution is 2.26. The van der Waals surface area contributed by atoms with Crippen molar-refractivity contribution in [3.63, 3.8) is 0 Å². The first-order chi connectivity index (χ1) is 3.79. The summed E-state index contributed by atoms with van der Waals surface area (Å²) in [5.74, 6) is 1.96. The summed E-state index contributed by atoms with van der Waals surface area (Å²) in [4.78, 5) is 0. The van der Waals surface area contributed by atoms with Gasteiger partial charge in [0.1, 0.15) is 0 Å². The summed E-state index contributed by atoms with van der Waals surface area (Å²) in [5.41, 5.74) is -0.0637. The van der Waals surface area contributed by atoms with Crippen LogP contribution in [0.1, 0.15) is 19.8 Å². The quantitative estimate of drug-likeness (QED) is 0.538. The van der Waals surface area contributed by atoms with Gasteiger partial charge >= 0.3 is 0 Å². The lowest BCUT2D eigenvalue weighted by Crippen LogP contribution is -2.14. The van der Waals surface area contributed by atoms with E-state index < -0.39 is 0 Å². The lowest BCUT2D eigenvalue weighted by Gasteiger charge is -2.20. The zero-order chi connectivity index (χ0) is 5.98. The van der Waals surface area contributed by atoms with Crippen LogP contribution < -0.4 is 0 Å². The van der Waals surface area contributed by atoms with E-state index in [2.05, 4.69) is 6.92 Å². The first-order valence-corrected chi connectivity index (χ1v) is 4.13. The van der Waals surface area contributed by atoms with Crippen LogP contribution in [0.25, 0.3) is 0 Å². The van der Waals surface area contributed by atoms with Crippen LogP contribution in [0.2, 0.25) is 0 Å². The average Bonchev–Trinajstić information content (AvgIpc) is 1.77. The van der Waals surface area contributed by atoms with Crippen molar-refractivity contribution in [2.75, 3.05) is 5.75 Å². The molecule has 1 N–H and O–H groups in total. The fourth-order valence-electron chi connectivity index (χ4n) is 0.869. The van der Waals surface area contributed by atoms with E-state index in [9.17, 15) is 0 Å². The van der Waals surface area contributed by atoms with Crippen molar-refractivity contribution in [3.05, 3.63) is 0 Å². The Labute approximate surface area is 54.5 Å². The van der Waals surface area contributed by atoms with Crippen molar-refractivity contribution >= 4 is 11.8 Å². The number of aliphatic hydroxyl groups is 1. The van der Waals surface area contributed by atoms with E-state index in [0.717, 1.165) is 18.1 Å². The fourth-order valence-corrected chi connectivity index (χ4v) is 1.89. The summed E-state index contributed by atoms with van der Waals surface area (Å²) < 4.78 is 0. The van der Waals surface area contributed by atoms with Crippen molar-refractivity contribution in [1.29, 1.82) is 0 Å². The highest BCUT2D eigenvalue weighted by molar-refractivity contribution is 7.99. The minimum Gasteiger partial charge on any atom is -0.382 e. The van der Waals surface area contributed by atoms with Crippen LogP contribution >= 0.6 is 11.8 Å². The number of hydrogen-bond acceptors (Lipinski definition) is 2. The third-order valence-electron chi connectivity index (χ3n) is 1.48. The van der Waals surface area contributed by atoms with Gasteiger partial charge in [-0.3, -0.25) is 0 Å². The van der Waals surface area contributed by atoms with Crippen LogP contribution in [-0.4, -0.2) is 16.3 Å². The molecule has 0 amide bonds. The van der Waals surface area contributed by atoms with Crippen LogP contribution in [0.4, 0.5) is 0 Å². The smallest absolute Gasteiger partial charge is 0.0992 e. The fraction of sp³-hybridized carbons (Fsp3) is 1.00. The maximum atomic E-state index is 8.99. The van der Waals surface area contributed by atoms with Crippen molar-refractivity contribution in [2.24, 2.45) is 5.92 Å². The largest absolute Gasteiger partial charge is 0.382 e. The third kappa shape index (κ3) is 1.67. The molecule has 1 aliphatic heterocycles. The molecule has 0 saturated carbocycles. The minimum absolute atomic E-state index is 0.0637. The van der Waals surface area contributed by atoms with Crippen LogP contribution in [-0.2, 0) is 0 Å². The summed E-state index contributed by atoms with van der Waals surface area (Å²) in [6, 6.07) is 0. The second-order valence-corrected chi connectivity index (χ2v) is 3.68. The van der Waals surface area contributed by atoms with E-state index in [1.54, 1.807) is 11.8 Å². The summed E-state index contributed by atoms with van der Waals surface area (Å²) in [6.45, 7) is 2.24. The minimum atomic E-state index is -0.0637. The van der Waals surface area contributed by atoms with Crippen LogP contribution in [0.3, 0.4) is 0 Å². The van der Waals surface area contributed by atoms with E-state index in [1.165, 1.54) is 6.42 Å². The molecule has 0 aromatic rings. The average molecular weight is 132 g/mol. The summed E-state index contributed by atoms with van der Waals surface area (Å²) >= 11 is 1.68. The van der Waals surface area contributed by atoms with Gasteiger partial charge < -0.3 is 5.11 Å². The summed E-state index contributed by atoms with van der Waals surface area (Å²) in [5, 5.41) is 8.99. The number of hydrogen-bond donors (Lipinski definition) is 1. The first kappa shape index (κ1) is 6.43. The van der Waals surface area contributed by atoms with E-state index in [0.29, 0.717) is 0 Å². The second kappa shape index (κ2) is 2.74. The van der Waals surface area contributed by atoms with Gasteiger partial charge in [0.15, 0.2) is 0 Å². The molecule has 1 saturated heterocycles. The molecule has 1 heterocycles. The Balaban J connectivity index is 2.19. The molecule has 0 bridgehead atoms. The predicted octanol–water partition coefficient (Wildman–Crippen LogP) is 1.47. The van der Waals surface area contributed by atoms with Crippen LogP contribution in [0, 0.1) is 5.92 Å². The lowest BCUT2D eigenvalue weighted by molar-refractivity contribution is 0.234. The molecule has 2 heteroatoms. The highest BCUT2D eigenvalue weighted by atomic mass is 32.2. The van der Waals surface area contributed by atoms with E-state index in [-0.39, 0.29) is 5.44 Å². The topological polar surface area (TPSA) is 20.2 Å². The van der Waals surface area contributed by atoms with Crippen LogP contribution in [0.15, 0.2) is 0 Å². The molecule has 0 spiro atoms. The molecule has 1 aliphatic rings. The maximum absolute atomic E-state index is 8.99. The molecular formula is C6H12OS. The molecule has 2 atom stereocenters. The molecule has 1 rings (SSSR count). The third-order valence-corrected chi connectivity index (χ3v) is 2.86. The molecule has 0 aromatic carbocycles. The normalized spacial score (nSPS) is 39.8. The van der Waals surface area contributed by atoms with E-state index in [1.807, 2.05) is 0 Å². The molecule has 0 aromatic heterocycles. The number of aliphatic hydroxyl groups excluding tert-OH is 1. The Morgan fingerprint density at radius 1 is 1.50 bits per heavy atom. The predicted molar refractivity (Wildman–Crippen MR) is 36.9 cm³/mol. The van der Waals surface area contributed by atoms with E-state index >= 15 is 0 Å². The highest BCUT2D eigenvalue weighted by Gasteiger charge is 2.14. The molecule has 1 fully saturated rings. The van der Waals surface area contributed by atoms with Crippen molar-refractivity contribution in [2.45, 2.75) is 25.2 Å². The Bertz CT molecular complexity index is 56.9. The van der Waals surface area contributed by atoms with Gasteiger partial charge in [-0.15, -0.1) is 11.8 Å². The Morgan fingerprint density at radius 3 is 2.62 bits per heavy atom. The van der Waals surface area contributed by atoms with Gasteiger partial charge in [0.2, 0.25) is 0 Å². The second-order valence-electron chi connectivity index (χ2n) is 2.47. The molecule has 0 aliphatic carbocycles. The van der Waals surface area contributed by atoms with Crippen molar-refractivity contribution < 1.29 is 5.11 Å². The Kier molecular flexibility index (Phi) is 2.20. The Hall–Kier alpha value is 0.310. The van der Waals surface area contributed by atoms with Gasteiger partial charge in [-0.05, 0) is 24.5 Å². The Morgan fingerprint density at radius 2 is 2.25 bits per heavy atom. The monoisotopic (exact) mass is 132 g/mol. The molecule has 0 radical (unpaired) electrons. The molecule has 48 valence electrons. The van der Waals surface area contributed by atoms with Gasteiger partial charge in [-0.1, -0.05) is 6.92 Å². The van der Waals surface area contributed by atoms with Gasteiger partial charge in [0.05, 0.1) is 5.44 Å². The van der Waals surface area contributed by atoms with Gasteiger partial charge in [-0.2, -0.15) is 0 Å². The first-order valence-electron chi connectivity index (χ1n) is 3.08. The number of thioether (sulfide) groups is 1. The van der Waals surface area contributed by atoms with E-state index in [4.69, 9.17) is 5.11 Å². The zero-order valence-corrected chi connectivity index (χ0v) is 5.95. The lowest BCUT2D eigenvalue weighted by atomic mass is 10.1. The van der Waals surface area contributed by atoms with Gasteiger partial charge in [0.25, 0.3) is 0 Å². The van der Waals surface area contributed by atoms with Crippen molar-refractivity contribution in [1.82, 2.24) is 0 Å². The summed E-state index contributed by atoms with van der Waals surface area (Å²) in [7, 11) is 0. The standard InChI is InChI=1S/C6H12OS/c1-5-2-3-6(7)8-4-5/h5-7H,2-4H2,1H3. The SMILES string of the molecule is CC1CCC(O)SC1. The van der Waals surface area contributed by atoms with Gasteiger partial charge in [0, 0.05) is 0 Å². The van der Waals surface area contributed by atoms with Gasteiger partial charge in [-0.25, -0.2) is 0 Å². The molecular weight excluding hydrogens is 120 g/mol. The van der Waals surface area contributed by atoms with Crippen LogP contribution in [0.5, 0.6) is 0 Å². The molecule has 8 heavy (non-hydrogen) atoms.